The van der Waals surface area contributed by atoms with Crippen molar-refractivity contribution in [2.45, 2.75) is 18.6 Å². The molecule has 17 heavy (non-hydrogen) atoms. The predicted molar refractivity (Wildman–Crippen MR) is 60.2 cm³/mol. The number of hydroxylamine groups is 2. The van der Waals surface area contributed by atoms with Gasteiger partial charge >= 0.3 is 0 Å². The molecule has 2 rings (SSSR count). The van der Waals surface area contributed by atoms with Crippen LogP contribution in [0, 0.1) is 0 Å². The average molecular weight is 237 g/mol. The van der Waals surface area contributed by atoms with Gasteiger partial charge < -0.3 is 14.7 Å². The van der Waals surface area contributed by atoms with Crippen molar-refractivity contribution in [3.05, 3.63) is 30.3 Å². The van der Waals surface area contributed by atoms with Crippen LogP contribution in [0.1, 0.15) is 6.42 Å². The molecule has 5 nitrogen and oxygen atoms in total. The average Bonchev–Trinajstić information content (AvgIpc) is 2.34. The molecule has 2 atom stereocenters. The highest BCUT2D eigenvalue weighted by Crippen LogP contribution is 2.25. The third-order valence-corrected chi connectivity index (χ3v) is 2.66. The van der Waals surface area contributed by atoms with E-state index in [2.05, 4.69) is 0 Å². The molecule has 0 spiro atoms. The van der Waals surface area contributed by atoms with Crippen molar-refractivity contribution in [1.29, 1.82) is 0 Å². The first kappa shape index (κ1) is 11.9. The molecule has 1 amide bonds. The first-order valence-corrected chi connectivity index (χ1v) is 5.44. The summed E-state index contributed by atoms with van der Waals surface area (Å²) in [4.78, 5) is 16.8. The number of amides is 1. The second-order valence-corrected chi connectivity index (χ2v) is 3.92. The van der Waals surface area contributed by atoms with Crippen LogP contribution in [0.5, 0.6) is 5.75 Å². The summed E-state index contributed by atoms with van der Waals surface area (Å²) in [6.45, 7) is 0.187. The number of β-lactam (4-membered cyclic amide) rings is 1. The fraction of sp³-hybridized carbons (Fsp3) is 0.417. The fourth-order valence-electron chi connectivity index (χ4n) is 1.71. The van der Waals surface area contributed by atoms with E-state index in [9.17, 15) is 9.90 Å². The van der Waals surface area contributed by atoms with Crippen LogP contribution in [-0.4, -0.2) is 41.9 Å². The van der Waals surface area contributed by atoms with Crippen molar-refractivity contribution in [1.82, 2.24) is 5.06 Å². The van der Waals surface area contributed by atoms with Crippen LogP contribution < -0.4 is 4.84 Å². The molecule has 2 unspecified atom stereocenters. The quantitative estimate of drug-likeness (QED) is 0.761. The lowest BCUT2D eigenvalue weighted by Crippen LogP contribution is -2.60. The Hall–Kier alpha value is -1.59. The summed E-state index contributed by atoms with van der Waals surface area (Å²) in [6, 6.07) is 8.68. The molecule has 0 radical (unpaired) electrons. The summed E-state index contributed by atoms with van der Waals surface area (Å²) >= 11 is 0. The number of carbonyl (C=O) groups excluding carboxylic acids is 1. The first-order valence-electron chi connectivity index (χ1n) is 5.44. The molecule has 92 valence electrons. The molecule has 1 saturated heterocycles. The molecule has 0 aromatic heterocycles. The molecule has 0 bridgehead atoms. The van der Waals surface area contributed by atoms with Crippen molar-refractivity contribution >= 4 is 5.91 Å². The lowest BCUT2D eigenvalue weighted by atomic mass is 10.00. The number of rotatable bonds is 5. The number of benzene rings is 1. The zero-order valence-corrected chi connectivity index (χ0v) is 9.57. The Balaban J connectivity index is 1.97. The van der Waals surface area contributed by atoms with Crippen LogP contribution in [0.15, 0.2) is 30.3 Å². The molecule has 1 fully saturated rings. The van der Waals surface area contributed by atoms with Gasteiger partial charge in [0.15, 0.2) is 5.75 Å². The van der Waals surface area contributed by atoms with Crippen LogP contribution >= 0.6 is 0 Å². The molecule has 1 aromatic rings. The minimum atomic E-state index is -0.721. The van der Waals surface area contributed by atoms with Gasteiger partial charge in [0.05, 0.1) is 13.0 Å². The minimum Gasteiger partial charge on any atom is -0.388 e. The number of aliphatic hydroxyl groups is 1. The van der Waals surface area contributed by atoms with Gasteiger partial charge in [-0.3, -0.25) is 4.79 Å². The Morgan fingerprint density at radius 1 is 1.47 bits per heavy atom. The number of methoxy groups -OCH3 is 1. The van der Waals surface area contributed by atoms with Crippen LogP contribution in [0.2, 0.25) is 0 Å². The van der Waals surface area contributed by atoms with Crippen LogP contribution in [0.3, 0.4) is 0 Å². The molecule has 5 heteroatoms. The highest BCUT2D eigenvalue weighted by atomic mass is 16.7. The molecule has 0 saturated carbocycles. The fourth-order valence-corrected chi connectivity index (χ4v) is 1.71. The summed E-state index contributed by atoms with van der Waals surface area (Å²) in [7, 11) is 1.51. The van der Waals surface area contributed by atoms with Crippen LogP contribution in [-0.2, 0) is 9.53 Å². The van der Waals surface area contributed by atoms with Crippen molar-refractivity contribution < 1.29 is 19.5 Å². The maximum atomic E-state index is 11.4. The Morgan fingerprint density at radius 3 is 2.76 bits per heavy atom. The van der Waals surface area contributed by atoms with E-state index in [1.54, 1.807) is 12.1 Å². The zero-order valence-electron chi connectivity index (χ0n) is 9.57. The molecule has 0 aliphatic carbocycles. The predicted octanol–water partition coefficient (Wildman–Crippen LogP) is 0.589. The molecular formula is C12H15NO4. The second-order valence-electron chi connectivity index (χ2n) is 3.92. The topological polar surface area (TPSA) is 59.0 Å². The molecule has 1 heterocycles. The van der Waals surface area contributed by atoms with Gasteiger partial charge in [-0.25, -0.2) is 0 Å². The van der Waals surface area contributed by atoms with E-state index in [-0.39, 0.29) is 25.0 Å². The monoisotopic (exact) mass is 237 g/mol. The minimum absolute atomic E-state index is 0.131. The highest BCUT2D eigenvalue weighted by molar-refractivity contribution is 5.82. The maximum Gasteiger partial charge on any atom is 0.257 e. The molecule has 1 aliphatic heterocycles. The van der Waals surface area contributed by atoms with Gasteiger partial charge in [-0.15, -0.1) is 0 Å². The Labute approximate surface area is 99.5 Å². The maximum absolute atomic E-state index is 11.4. The third-order valence-electron chi connectivity index (χ3n) is 2.66. The Bertz CT molecular complexity index is 381. The smallest absolute Gasteiger partial charge is 0.257 e. The molecule has 1 aliphatic rings. The Morgan fingerprint density at radius 2 is 2.18 bits per heavy atom. The van der Waals surface area contributed by atoms with Gasteiger partial charge in [0.25, 0.3) is 5.91 Å². The lowest BCUT2D eigenvalue weighted by molar-refractivity contribution is -0.205. The molecular weight excluding hydrogens is 222 g/mol. The summed E-state index contributed by atoms with van der Waals surface area (Å²) in [6.07, 6.45) is -0.432. The Kier molecular flexibility index (Phi) is 3.61. The number of hydrogen-bond donors (Lipinski definition) is 1. The van der Waals surface area contributed by atoms with Gasteiger partial charge in [-0.1, -0.05) is 18.2 Å². The van der Waals surface area contributed by atoms with Crippen molar-refractivity contribution in [3.8, 4) is 5.75 Å². The summed E-state index contributed by atoms with van der Waals surface area (Å²) in [5.74, 6) is 0.448. The second kappa shape index (κ2) is 5.16. The molecule has 1 aromatic carbocycles. The third kappa shape index (κ3) is 2.57. The highest BCUT2D eigenvalue weighted by Gasteiger charge is 2.43. The van der Waals surface area contributed by atoms with Gasteiger partial charge in [-0.05, 0) is 12.1 Å². The van der Waals surface area contributed by atoms with E-state index in [1.807, 2.05) is 18.2 Å². The van der Waals surface area contributed by atoms with Crippen molar-refractivity contribution in [2.75, 3.05) is 13.7 Å². The van der Waals surface area contributed by atoms with E-state index in [0.29, 0.717) is 5.75 Å². The number of carbonyl (C=O) groups is 1. The van der Waals surface area contributed by atoms with E-state index in [1.165, 1.54) is 12.2 Å². The van der Waals surface area contributed by atoms with E-state index in [4.69, 9.17) is 9.57 Å². The normalized spacial score (nSPS) is 20.9. The lowest BCUT2D eigenvalue weighted by Gasteiger charge is -2.40. The van der Waals surface area contributed by atoms with Gasteiger partial charge in [0.1, 0.15) is 12.1 Å². The van der Waals surface area contributed by atoms with Gasteiger partial charge in [0.2, 0.25) is 0 Å². The summed E-state index contributed by atoms with van der Waals surface area (Å²) < 4.78 is 4.85. The SMILES string of the molecule is COCC(O)C1CC(=O)N1Oc1ccccc1. The number of hydrogen-bond acceptors (Lipinski definition) is 4. The van der Waals surface area contributed by atoms with Gasteiger partial charge in [0, 0.05) is 7.11 Å². The number of para-hydroxylation sites is 1. The van der Waals surface area contributed by atoms with Crippen molar-refractivity contribution in [3.63, 3.8) is 0 Å². The number of aliphatic hydroxyl groups excluding tert-OH is 1. The summed E-state index contributed by atoms with van der Waals surface area (Å²) in [5.41, 5.74) is 0. The number of ether oxygens (including phenoxy) is 1. The van der Waals surface area contributed by atoms with Gasteiger partial charge in [-0.2, -0.15) is 5.06 Å². The van der Waals surface area contributed by atoms with Crippen LogP contribution in [0.4, 0.5) is 0 Å². The largest absolute Gasteiger partial charge is 0.388 e. The van der Waals surface area contributed by atoms with E-state index < -0.39 is 6.10 Å². The molecule has 1 N–H and O–H groups in total. The van der Waals surface area contributed by atoms with E-state index >= 15 is 0 Å². The zero-order chi connectivity index (χ0) is 12.3. The van der Waals surface area contributed by atoms with Crippen molar-refractivity contribution in [2.24, 2.45) is 0 Å². The first-order chi connectivity index (χ1) is 8.22. The number of nitrogens with zero attached hydrogens (tertiary/aromatic N) is 1. The van der Waals surface area contributed by atoms with E-state index in [0.717, 1.165) is 0 Å². The standard InChI is InChI=1S/C12H15NO4/c1-16-8-11(14)10-7-12(15)13(10)17-9-5-3-2-4-6-9/h2-6,10-11,14H,7-8H2,1H3. The summed E-state index contributed by atoms with van der Waals surface area (Å²) in [5, 5.41) is 10.9. The van der Waals surface area contributed by atoms with Crippen LogP contribution in [0.25, 0.3) is 0 Å².